The van der Waals surface area contributed by atoms with Gasteiger partial charge in [-0.25, -0.2) is 0 Å². The van der Waals surface area contributed by atoms with Gasteiger partial charge in [-0.2, -0.15) is 8.42 Å². The molecule has 1 aliphatic rings. The Morgan fingerprint density at radius 2 is 2.15 bits per heavy atom. The van der Waals surface area contributed by atoms with Crippen molar-refractivity contribution >= 4 is 10.1 Å². The monoisotopic (exact) mass is 202 g/mol. The molecule has 0 aromatic heterocycles. The van der Waals surface area contributed by atoms with E-state index in [1.165, 1.54) is 7.11 Å². The Bertz CT molecular complexity index is 338. The standard InChI is InChI=1S/C9H14O3S/c1-7-4-8(2)6-9(5-7)13(10,11)12-3/h4,9H,1,5-6H2,2-3H3. The minimum absolute atomic E-state index is 0.449. The van der Waals surface area contributed by atoms with Crippen molar-refractivity contribution in [2.75, 3.05) is 7.11 Å². The largest absolute Gasteiger partial charge is 0.273 e. The van der Waals surface area contributed by atoms with Crippen molar-refractivity contribution in [1.82, 2.24) is 0 Å². The fraction of sp³-hybridized carbons (Fsp3) is 0.556. The molecule has 0 bridgehead atoms. The summed E-state index contributed by atoms with van der Waals surface area (Å²) in [4.78, 5) is 0. The lowest BCUT2D eigenvalue weighted by atomic mass is 9.97. The fourth-order valence-corrected chi connectivity index (χ4v) is 2.69. The zero-order chi connectivity index (χ0) is 10.1. The Labute approximate surface area is 79.2 Å². The molecule has 1 rings (SSSR count). The lowest BCUT2D eigenvalue weighted by molar-refractivity contribution is 0.385. The third-order valence-corrected chi connectivity index (χ3v) is 3.75. The van der Waals surface area contributed by atoms with E-state index >= 15 is 0 Å². The number of allylic oxidation sites excluding steroid dienone is 3. The molecule has 0 heterocycles. The Balaban J connectivity index is 2.88. The molecule has 4 heteroatoms. The predicted octanol–water partition coefficient (Wildman–Crippen LogP) is 1.63. The Hall–Kier alpha value is -0.610. The van der Waals surface area contributed by atoms with E-state index in [1.807, 2.05) is 13.0 Å². The summed E-state index contributed by atoms with van der Waals surface area (Å²) in [6, 6.07) is 0. The molecule has 0 amide bonds. The molecular weight excluding hydrogens is 188 g/mol. The van der Waals surface area contributed by atoms with Crippen LogP contribution in [0, 0.1) is 0 Å². The first-order valence-corrected chi connectivity index (χ1v) is 5.57. The summed E-state index contributed by atoms with van der Waals surface area (Å²) < 4.78 is 27.2. The van der Waals surface area contributed by atoms with Gasteiger partial charge in [0.1, 0.15) is 0 Å². The van der Waals surface area contributed by atoms with Gasteiger partial charge in [0.2, 0.25) is 0 Å². The quantitative estimate of drug-likeness (QED) is 0.639. The lowest BCUT2D eigenvalue weighted by Crippen LogP contribution is -2.25. The smallest absolute Gasteiger partial charge is 0.270 e. The zero-order valence-electron chi connectivity index (χ0n) is 7.91. The normalized spacial score (nSPS) is 24.3. The highest BCUT2D eigenvalue weighted by Crippen LogP contribution is 2.26. The molecule has 0 saturated carbocycles. The molecule has 0 aliphatic heterocycles. The van der Waals surface area contributed by atoms with Gasteiger partial charge in [0, 0.05) is 0 Å². The van der Waals surface area contributed by atoms with Gasteiger partial charge in [-0.05, 0) is 19.8 Å². The molecule has 0 radical (unpaired) electrons. The van der Waals surface area contributed by atoms with Crippen LogP contribution in [0.25, 0.3) is 0 Å². The molecule has 0 N–H and O–H groups in total. The van der Waals surface area contributed by atoms with Gasteiger partial charge in [0.25, 0.3) is 10.1 Å². The van der Waals surface area contributed by atoms with Crippen LogP contribution in [0.2, 0.25) is 0 Å². The van der Waals surface area contributed by atoms with Crippen LogP contribution in [-0.4, -0.2) is 20.8 Å². The van der Waals surface area contributed by atoms with Gasteiger partial charge >= 0.3 is 0 Å². The van der Waals surface area contributed by atoms with E-state index in [0.717, 1.165) is 11.1 Å². The average Bonchev–Trinajstić information content (AvgIpc) is 2.02. The zero-order valence-corrected chi connectivity index (χ0v) is 8.73. The van der Waals surface area contributed by atoms with E-state index in [1.54, 1.807) is 0 Å². The van der Waals surface area contributed by atoms with Gasteiger partial charge in [0.05, 0.1) is 12.4 Å². The second kappa shape index (κ2) is 3.64. The Morgan fingerprint density at radius 1 is 1.54 bits per heavy atom. The molecule has 74 valence electrons. The van der Waals surface area contributed by atoms with Gasteiger partial charge in [-0.15, -0.1) is 0 Å². The van der Waals surface area contributed by atoms with Crippen LogP contribution in [0.4, 0.5) is 0 Å². The number of hydrogen-bond donors (Lipinski definition) is 0. The van der Waals surface area contributed by atoms with E-state index in [9.17, 15) is 8.42 Å². The van der Waals surface area contributed by atoms with E-state index in [4.69, 9.17) is 0 Å². The van der Waals surface area contributed by atoms with Crippen LogP contribution in [-0.2, 0) is 14.3 Å². The maximum atomic E-state index is 11.4. The summed E-state index contributed by atoms with van der Waals surface area (Å²) in [6.45, 7) is 5.67. The summed E-state index contributed by atoms with van der Waals surface area (Å²) in [7, 11) is -2.19. The minimum Gasteiger partial charge on any atom is -0.273 e. The molecule has 3 nitrogen and oxygen atoms in total. The van der Waals surface area contributed by atoms with Crippen LogP contribution < -0.4 is 0 Å². The van der Waals surface area contributed by atoms with E-state index in [2.05, 4.69) is 10.8 Å². The molecule has 0 saturated heterocycles. The number of rotatable bonds is 2. The van der Waals surface area contributed by atoms with Crippen molar-refractivity contribution in [2.24, 2.45) is 0 Å². The SMILES string of the molecule is C=C1C=C(C)CC(S(=O)(=O)OC)C1. The van der Waals surface area contributed by atoms with Crippen molar-refractivity contribution in [3.05, 3.63) is 23.8 Å². The van der Waals surface area contributed by atoms with Crippen molar-refractivity contribution in [2.45, 2.75) is 25.0 Å². The first kappa shape index (κ1) is 10.5. The highest BCUT2D eigenvalue weighted by Gasteiger charge is 2.28. The average molecular weight is 202 g/mol. The van der Waals surface area contributed by atoms with E-state index in [0.29, 0.717) is 12.8 Å². The topological polar surface area (TPSA) is 43.4 Å². The van der Waals surface area contributed by atoms with Crippen molar-refractivity contribution < 1.29 is 12.6 Å². The van der Waals surface area contributed by atoms with Crippen molar-refractivity contribution in [1.29, 1.82) is 0 Å². The summed E-state index contributed by atoms with van der Waals surface area (Å²) in [5.74, 6) is 0. The molecule has 0 fully saturated rings. The van der Waals surface area contributed by atoms with Gasteiger partial charge in [0.15, 0.2) is 0 Å². The predicted molar refractivity (Wildman–Crippen MR) is 51.8 cm³/mol. The maximum Gasteiger partial charge on any atom is 0.270 e. The molecule has 0 aromatic carbocycles. The highest BCUT2D eigenvalue weighted by molar-refractivity contribution is 7.87. The lowest BCUT2D eigenvalue weighted by Gasteiger charge is -2.21. The first-order valence-electron chi connectivity index (χ1n) is 4.10. The molecular formula is C9H14O3S. The molecule has 0 aromatic rings. The molecule has 1 atom stereocenters. The second-order valence-electron chi connectivity index (χ2n) is 3.34. The van der Waals surface area contributed by atoms with Crippen LogP contribution in [0.1, 0.15) is 19.8 Å². The van der Waals surface area contributed by atoms with Crippen molar-refractivity contribution in [3.63, 3.8) is 0 Å². The van der Waals surface area contributed by atoms with Gasteiger partial charge in [-0.1, -0.05) is 23.8 Å². The fourth-order valence-electron chi connectivity index (χ4n) is 1.53. The molecule has 1 aliphatic carbocycles. The summed E-state index contributed by atoms with van der Waals surface area (Å²) in [5.41, 5.74) is 1.90. The highest BCUT2D eigenvalue weighted by atomic mass is 32.2. The van der Waals surface area contributed by atoms with Crippen LogP contribution in [0.15, 0.2) is 23.8 Å². The van der Waals surface area contributed by atoms with Gasteiger partial charge in [-0.3, -0.25) is 4.18 Å². The first-order chi connectivity index (χ1) is 5.95. The van der Waals surface area contributed by atoms with Crippen LogP contribution in [0.5, 0.6) is 0 Å². The minimum atomic E-state index is -3.39. The van der Waals surface area contributed by atoms with Gasteiger partial charge < -0.3 is 0 Å². The molecule has 0 spiro atoms. The Kier molecular flexibility index (Phi) is 2.93. The van der Waals surface area contributed by atoms with Crippen molar-refractivity contribution in [3.8, 4) is 0 Å². The molecule has 13 heavy (non-hydrogen) atoms. The van der Waals surface area contributed by atoms with Crippen LogP contribution >= 0.6 is 0 Å². The number of hydrogen-bond acceptors (Lipinski definition) is 3. The summed E-state index contributed by atoms with van der Waals surface area (Å²) >= 11 is 0. The van der Waals surface area contributed by atoms with E-state index < -0.39 is 15.4 Å². The van der Waals surface area contributed by atoms with E-state index in [-0.39, 0.29) is 0 Å². The second-order valence-corrected chi connectivity index (χ2v) is 5.32. The summed E-state index contributed by atoms with van der Waals surface area (Å²) in [6.07, 6.45) is 2.96. The molecule has 1 unspecified atom stereocenters. The summed E-state index contributed by atoms with van der Waals surface area (Å²) in [5, 5.41) is -0.449. The Morgan fingerprint density at radius 3 is 2.62 bits per heavy atom. The van der Waals surface area contributed by atoms with Crippen LogP contribution in [0.3, 0.4) is 0 Å². The maximum absolute atomic E-state index is 11.4. The third kappa shape index (κ3) is 2.42. The third-order valence-electron chi connectivity index (χ3n) is 2.13.